The summed E-state index contributed by atoms with van der Waals surface area (Å²) >= 11 is 0. The van der Waals surface area contributed by atoms with Crippen LogP contribution in [-0.2, 0) is 0 Å². The van der Waals surface area contributed by atoms with Gasteiger partial charge in [0, 0.05) is 45.2 Å². The molecule has 1 aromatic heterocycles. The molecule has 0 saturated heterocycles. The van der Waals surface area contributed by atoms with Gasteiger partial charge in [0.25, 0.3) is 0 Å². The zero-order valence-corrected chi connectivity index (χ0v) is 32.5. The molecular formula is C53H30F5N3O. The molecule has 2 heterocycles. The Morgan fingerprint density at radius 3 is 1.66 bits per heavy atom. The number of pyridine rings is 1. The van der Waals surface area contributed by atoms with Gasteiger partial charge in [-0.2, -0.15) is 0 Å². The molecule has 1 aliphatic heterocycles. The molecule has 11 rings (SSSR count). The Morgan fingerprint density at radius 2 is 1.00 bits per heavy atom. The minimum atomic E-state index is -2.24. The maximum absolute atomic E-state index is 15.5. The number of hydrogen-bond acceptors (Lipinski definition) is 4. The van der Waals surface area contributed by atoms with Gasteiger partial charge in [0.1, 0.15) is 23.0 Å². The van der Waals surface area contributed by atoms with Gasteiger partial charge >= 0.3 is 0 Å². The fraction of sp³-hybridized carbons (Fsp3) is 0. The standard InChI is InChI=1S/C53H30F5N3O/c54-48-49(55)51(57)53(52(58)50(48)56)61(39-22-18-32-10-5-7-12-34(32)28-39)46-26-20-36(30-59-46)35-19-23-40-41-24-25-43(42-15-8-16-44(47(41)42)62-45(40)29-35)60(37-13-2-1-3-14-37)38-21-17-31-9-4-6-11-33(31)27-38/h1-30H. The van der Waals surface area contributed by atoms with Gasteiger partial charge in [0.05, 0.1) is 5.69 Å². The van der Waals surface area contributed by atoms with E-state index in [1.165, 1.54) is 12.3 Å². The number of para-hydroxylation sites is 1. The molecule has 0 spiro atoms. The summed E-state index contributed by atoms with van der Waals surface area (Å²) in [6.07, 6.45) is 1.49. The van der Waals surface area contributed by atoms with E-state index in [9.17, 15) is 13.2 Å². The van der Waals surface area contributed by atoms with E-state index in [1.54, 1.807) is 36.4 Å². The summed E-state index contributed by atoms with van der Waals surface area (Å²) in [6.45, 7) is 0. The molecule has 0 atom stereocenters. The maximum Gasteiger partial charge on any atom is 0.200 e. The molecule has 0 saturated carbocycles. The molecule has 0 bridgehead atoms. The SMILES string of the molecule is Fc1c(F)c(F)c(N(c2ccc3ccccc3c2)c2ccc(-c3ccc4c(c3)Oc3cccc5c(N(c6ccccc6)c6ccc7ccccc7c6)ccc-4c35)cn2)c(F)c1F. The Labute approximate surface area is 351 Å². The van der Waals surface area contributed by atoms with Gasteiger partial charge < -0.3 is 9.64 Å². The predicted molar refractivity (Wildman–Crippen MR) is 237 cm³/mol. The second-order valence-electron chi connectivity index (χ2n) is 15.0. The van der Waals surface area contributed by atoms with E-state index in [0.717, 1.165) is 65.6 Å². The van der Waals surface area contributed by atoms with Crippen LogP contribution in [0.2, 0.25) is 0 Å². The molecule has 0 unspecified atom stereocenters. The van der Waals surface area contributed by atoms with Gasteiger partial charge in [-0.15, -0.1) is 0 Å². The Balaban J connectivity index is 0.981. The van der Waals surface area contributed by atoms with E-state index in [0.29, 0.717) is 22.4 Å². The molecule has 62 heavy (non-hydrogen) atoms. The molecule has 298 valence electrons. The number of fused-ring (bicyclic) bond motifs is 4. The highest BCUT2D eigenvalue weighted by atomic mass is 19.2. The first kappa shape index (κ1) is 37.0. The van der Waals surface area contributed by atoms with Gasteiger partial charge in [0.2, 0.25) is 5.82 Å². The minimum absolute atomic E-state index is 0.0638. The average molecular weight is 820 g/mol. The molecule has 4 nitrogen and oxygen atoms in total. The summed E-state index contributed by atoms with van der Waals surface area (Å²) < 4.78 is 81.2. The van der Waals surface area contributed by atoms with Crippen molar-refractivity contribution in [1.82, 2.24) is 4.98 Å². The van der Waals surface area contributed by atoms with Crippen molar-refractivity contribution in [2.45, 2.75) is 0 Å². The average Bonchev–Trinajstić information content (AvgIpc) is 3.32. The van der Waals surface area contributed by atoms with Crippen LogP contribution in [0.3, 0.4) is 0 Å². The van der Waals surface area contributed by atoms with Crippen LogP contribution in [0.15, 0.2) is 182 Å². The third kappa shape index (κ3) is 6.00. The molecule has 0 N–H and O–H groups in total. The second kappa shape index (κ2) is 14.6. The third-order valence-electron chi connectivity index (χ3n) is 11.4. The van der Waals surface area contributed by atoms with Gasteiger partial charge in [0.15, 0.2) is 23.3 Å². The van der Waals surface area contributed by atoms with E-state index in [-0.39, 0.29) is 11.5 Å². The summed E-state index contributed by atoms with van der Waals surface area (Å²) in [4.78, 5) is 7.73. The van der Waals surface area contributed by atoms with Crippen molar-refractivity contribution in [1.29, 1.82) is 0 Å². The molecule has 0 radical (unpaired) electrons. The van der Waals surface area contributed by atoms with Crippen molar-refractivity contribution in [2.75, 3.05) is 9.80 Å². The van der Waals surface area contributed by atoms with E-state index >= 15 is 8.78 Å². The molecule has 0 fully saturated rings. The lowest BCUT2D eigenvalue weighted by atomic mass is 9.92. The number of ether oxygens (including phenoxy) is 1. The highest BCUT2D eigenvalue weighted by Gasteiger charge is 2.32. The van der Waals surface area contributed by atoms with E-state index in [2.05, 4.69) is 70.5 Å². The number of halogens is 5. The Hall–Kier alpha value is -8.04. The van der Waals surface area contributed by atoms with Crippen LogP contribution in [0.4, 0.5) is 56.2 Å². The van der Waals surface area contributed by atoms with E-state index in [1.807, 2.05) is 72.8 Å². The van der Waals surface area contributed by atoms with Crippen LogP contribution < -0.4 is 14.5 Å². The Morgan fingerprint density at radius 1 is 0.403 bits per heavy atom. The number of aromatic nitrogens is 1. The first-order chi connectivity index (χ1) is 30.3. The van der Waals surface area contributed by atoms with Crippen LogP contribution in [0.25, 0.3) is 54.6 Å². The van der Waals surface area contributed by atoms with E-state index < -0.39 is 34.8 Å². The zero-order chi connectivity index (χ0) is 42.1. The van der Waals surface area contributed by atoms with Crippen LogP contribution in [0.5, 0.6) is 11.5 Å². The number of nitrogens with zero attached hydrogens (tertiary/aromatic N) is 3. The number of rotatable bonds is 7. The Bertz CT molecular complexity index is 3380. The summed E-state index contributed by atoms with van der Waals surface area (Å²) in [5.74, 6) is -9.05. The lowest BCUT2D eigenvalue weighted by Crippen LogP contribution is -2.18. The number of benzene rings is 9. The largest absolute Gasteiger partial charge is 0.456 e. The molecule has 9 aromatic carbocycles. The maximum atomic E-state index is 15.5. The predicted octanol–water partition coefficient (Wildman–Crippen LogP) is 15.6. The Kier molecular flexibility index (Phi) is 8.71. The summed E-state index contributed by atoms with van der Waals surface area (Å²) in [7, 11) is 0. The third-order valence-corrected chi connectivity index (χ3v) is 11.4. The van der Waals surface area contributed by atoms with Crippen molar-refractivity contribution in [3.63, 3.8) is 0 Å². The fourth-order valence-electron chi connectivity index (χ4n) is 8.48. The minimum Gasteiger partial charge on any atom is -0.456 e. The molecule has 9 heteroatoms. The number of anilines is 6. The zero-order valence-electron chi connectivity index (χ0n) is 32.5. The summed E-state index contributed by atoms with van der Waals surface area (Å²) in [5, 5.41) is 5.79. The second-order valence-corrected chi connectivity index (χ2v) is 15.0. The fourth-order valence-corrected chi connectivity index (χ4v) is 8.48. The first-order valence-corrected chi connectivity index (χ1v) is 19.8. The van der Waals surface area contributed by atoms with E-state index in [4.69, 9.17) is 4.74 Å². The van der Waals surface area contributed by atoms with Gasteiger partial charge in [-0.3, -0.25) is 4.90 Å². The lowest BCUT2D eigenvalue weighted by Gasteiger charge is -2.29. The van der Waals surface area contributed by atoms with Crippen molar-refractivity contribution in [3.8, 4) is 33.8 Å². The summed E-state index contributed by atoms with van der Waals surface area (Å²) in [5.41, 5.74) is 5.28. The topological polar surface area (TPSA) is 28.6 Å². The molecular weight excluding hydrogens is 790 g/mol. The van der Waals surface area contributed by atoms with Gasteiger partial charge in [-0.1, -0.05) is 103 Å². The van der Waals surface area contributed by atoms with Crippen molar-refractivity contribution < 1.29 is 26.7 Å². The normalized spacial score (nSPS) is 11.8. The highest BCUT2D eigenvalue weighted by molar-refractivity contribution is 6.11. The van der Waals surface area contributed by atoms with Crippen LogP contribution in [-0.4, -0.2) is 4.98 Å². The summed E-state index contributed by atoms with van der Waals surface area (Å²) in [6, 6.07) is 56.4. The lowest BCUT2D eigenvalue weighted by molar-refractivity contribution is 0.380. The van der Waals surface area contributed by atoms with Crippen molar-refractivity contribution >= 4 is 66.6 Å². The molecule has 1 aliphatic rings. The molecule has 10 aromatic rings. The number of hydrogen-bond donors (Lipinski definition) is 0. The van der Waals surface area contributed by atoms with Crippen LogP contribution >= 0.6 is 0 Å². The van der Waals surface area contributed by atoms with Gasteiger partial charge in [-0.05, 0) is 105 Å². The van der Waals surface area contributed by atoms with Crippen LogP contribution in [0.1, 0.15) is 0 Å². The van der Waals surface area contributed by atoms with Crippen LogP contribution in [0, 0.1) is 29.1 Å². The molecule has 0 aliphatic carbocycles. The molecule has 0 amide bonds. The quantitative estimate of drug-likeness (QED) is 0.0910. The van der Waals surface area contributed by atoms with Crippen molar-refractivity contribution in [3.05, 3.63) is 211 Å². The first-order valence-electron chi connectivity index (χ1n) is 19.8. The smallest absolute Gasteiger partial charge is 0.200 e. The van der Waals surface area contributed by atoms with Crippen molar-refractivity contribution in [2.24, 2.45) is 0 Å². The monoisotopic (exact) mass is 819 g/mol. The highest BCUT2D eigenvalue weighted by Crippen LogP contribution is 2.51. The van der Waals surface area contributed by atoms with Gasteiger partial charge in [-0.25, -0.2) is 26.9 Å².